The van der Waals surface area contributed by atoms with Gasteiger partial charge in [-0.05, 0) is 38.5 Å². The highest BCUT2D eigenvalue weighted by Gasteiger charge is 2.47. The third-order valence-electron chi connectivity index (χ3n) is 11.7. The van der Waals surface area contributed by atoms with Crippen LogP contribution in [-0.2, 0) is 38.0 Å². The fourth-order valence-corrected chi connectivity index (χ4v) is 7.68. The SMILES string of the molecule is CCCCCCCC/C=C\CCCCCCCCCCCC(=O)OC(COC(=O)CCCCCCCCC)COC1OC(COC2OC(CO)C(O)C(O)C2O)C(O)C(O)C1O. The summed E-state index contributed by atoms with van der Waals surface area (Å²) in [5, 5.41) is 71.8. The molecular weight excluding hydrogens is 805 g/mol. The number of aliphatic hydroxyl groups is 7. The first-order valence-electron chi connectivity index (χ1n) is 24.3. The zero-order valence-electron chi connectivity index (χ0n) is 38.1. The number of esters is 2. The smallest absolute Gasteiger partial charge is 0.306 e. The molecule has 2 rings (SSSR count). The fourth-order valence-electron chi connectivity index (χ4n) is 7.68. The Labute approximate surface area is 371 Å². The number of unbranched alkanes of at least 4 members (excludes halogenated alkanes) is 21. The van der Waals surface area contributed by atoms with Crippen LogP contribution in [0.5, 0.6) is 0 Å². The van der Waals surface area contributed by atoms with Crippen LogP contribution in [0.2, 0.25) is 0 Å². The normalized spacial score (nSPS) is 27.1. The van der Waals surface area contributed by atoms with Crippen LogP contribution in [-0.4, -0.2) is 142 Å². The molecule has 0 amide bonds. The molecule has 364 valence electrons. The Balaban J connectivity index is 1.78. The zero-order valence-corrected chi connectivity index (χ0v) is 38.1. The molecular formula is C47H86O15. The lowest BCUT2D eigenvalue weighted by Gasteiger charge is -2.42. The molecule has 11 atom stereocenters. The van der Waals surface area contributed by atoms with Gasteiger partial charge in [0.15, 0.2) is 18.7 Å². The van der Waals surface area contributed by atoms with Crippen molar-refractivity contribution in [3.05, 3.63) is 12.2 Å². The number of allylic oxidation sites excluding steroid dienone is 2. The van der Waals surface area contributed by atoms with E-state index in [2.05, 4.69) is 26.0 Å². The Bertz CT molecular complexity index is 1140. The summed E-state index contributed by atoms with van der Waals surface area (Å²) < 4.78 is 33.4. The Kier molecular flexibility index (Phi) is 32.3. The molecule has 2 fully saturated rings. The number of hydrogen-bond acceptors (Lipinski definition) is 15. The molecule has 15 nitrogen and oxygen atoms in total. The number of carbonyl (C=O) groups excluding carboxylic acids is 2. The van der Waals surface area contributed by atoms with Gasteiger partial charge in [0.1, 0.15) is 55.4 Å². The monoisotopic (exact) mass is 891 g/mol. The van der Waals surface area contributed by atoms with E-state index in [1.165, 1.54) is 89.9 Å². The highest BCUT2D eigenvalue weighted by Crippen LogP contribution is 2.26. The molecule has 2 aliphatic heterocycles. The van der Waals surface area contributed by atoms with Gasteiger partial charge in [-0.2, -0.15) is 0 Å². The first-order chi connectivity index (χ1) is 30.0. The van der Waals surface area contributed by atoms with Crippen LogP contribution in [0, 0.1) is 0 Å². The van der Waals surface area contributed by atoms with Gasteiger partial charge in [-0.3, -0.25) is 9.59 Å². The van der Waals surface area contributed by atoms with Crippen LogP contribution < -0.4 is 0 Å². The van der Waals surface area contributed by atoms with Crippen molar-refractivity contribution in [1.82, 2.24) is 0 Å². The minimum Gasteiger partial charge on any atom is -0.462 e. The van der Waals surface area contributed by atoms with E-state index in [4.69, 9.17) is 28.4 Å². The molecule has 0 aromatic heterocycles. The van der Waals surface area contributed by atoms with Crippen molar-refractivity contribution < 1.29 is 73.8 Å². The molecule has 15 heteroatoms. The average Bonchev–Trinajstić information content (AvgIpc) is 3.26. The minimum atomic E-state index is -1.76. The largest absolute Gasteiger partial charge is 0.462 e. The molecule has 0 aliphatic carbocycles. The summed E-state index contributed by atoms with van der Waals surface area (Å²) >= 11 is 0. The van der Waals surface area contributed by atoms with Gasteiger partial charge in [-0.25, -0.2) is 0 Å². The van der Waals surface area contributed by atoms with E-state index in [9.17, 15) is 45.3 Å². The molecule has 2 saturated heterocycles. The summed E-state index contributed by atoms with van der Waals surface area (Å²) in [6.45, 7) is 2.53. The zero-order chi connectivity index (χ0) is 45.4. The number of carbonyl (C=O) groups is 2. The van der Waals surface area contributed by atoms with Crippen molar-refractivity contribution in [2.24, 2.45) is 0 Å². The summed E-state index contributed by atoms with van der Waals surface area (Å²) in [5.74, 6) is -0.928. The number of hydrogen-bond donors (Lipinski definition) is 7. The van der Waals surface area contributed by atoms with Crippen molar-refractivity contribution in [2.75, 3.05) is 26.4 Å². The first-order valence-corrected chi connectivity index (χ1v) is 24.3. The van der Waals surface area contributed by atoms with Gasteiger partial charge in [-0.15, -0.1) is 0 Å². The van der Waals surface area contributed by atoms with Crippen molar-refractivity contribution >= 4 is 11.9 Å². The molecule has 0 saturated carbocycles. The van der Waals surface area contributed by atoms with E-state index >= 15 is 0 Å². The lowest BCUT2D eigenvalue weighted by Crippen LogP contribution is -2.61. The summed E-state index contributed by atoms with van der Waals surface area (Å²) in [5.41, 5.74) is 0. The Hall–Kier alpha value is -1.76. The Morgan fingerprint density at radius 1 is 0.500 bits per heavy atom. The quantitative estimate of drug-likeness (QED) is 0.0221. The van der Waals surface area contributed by atoms with Gasteiger partial charge in [0.05, 0.1) is 19.8 Å². The maximum atomic E-state index is 12.9. The fraction of sp³-hybridized carbons (Fsp3) is 0.915. The molecule has 0 spiro atoms. The van der Waals surface area contributed by atoms with E-state index in [-0.39, 0.29) is 26.1 Å². The second-order valence-electron chi connectivity index (χ2n) is 17.3. The Morgan fingerprint density at radius 3 is 1.42 bits per heavy atom. The van der Waals surface area contributed by atoms with Crippen LogP contribution in [0.25, 0.3) is 0 Å². The minimum absolute atomic E-state index is 0.166. The summed E-state index contributed by atoms with van der Waals surface area (Å²) in [7, 11) is 0. The second kappa shape index (κ2) is 35.5. The second-order valence-corrected chi connectivity index (χ2v) is 17.3. The van der Waals surface area contributed by atoms with Gasteiger partial charge in [0.2, 0.25) is 0 Å². The van der Waals surface area contributed by atoms with Gasteiger partial charge in [-0.1, -0.05) is 142 Å². The van der Waals surface area contributed by atoms with Crippen molar-refractivity contribution in [3.63, 3.8) is 0 Å². The van der Waals surface area contributed by atoms with E-state index in [0.29, 0.717) is 12.8 Å². The molecule has 0 aromatic rings. The van der Waals surface area contributed by atoms with E-state index in [1.807, 2.05) is 0 Å². The molecule has 0 radical (unpaired) electrons. The summed E-state index contributed by atoms with van der Waals surface area (Å²) in [6, 6.07) is 0. The van der Waals surface area contributed by atoms with E-state index in [1.54, 1.807) is 0 Å². The van der Waals surface area contributed by atoms with Gasteiger partial charge in [0.25, 0.3) is 0 Å². The average molecular weight is 891 g/mol. The topological polar surface area (TPSA) is 231 Å². The maximum absolute atomic E-state index is 12.9. The first kappa shape index (κ1) is 56.4. The van der Waals surface area contributed by atoms with Crippen LogP contribution in [0.15, 0.2) is 12.2 Å². The third kappa shape index (κ3) is 24.0. The van der Waals surface area contributed by atoms with E-state index in [0.717, 1.165) is 51.4 Å². The molecule has 62 heavy (non-hydrogen) atoms. The van der Waals surface area contributed by atoms with Gasteiger partial charge >= 0.3 is 11.9 Å². The third-order valence-corrected chi connectivity index (χ3v) is 11.7. The lowest BCUT2D eigenvalue weighted by atomic mass is 9.98. The molecule has 0 aromatic carbocycles. The molecule has 11 unspecified atom stereocenters. The van der Waals surface area contributed by atoms with Crippen LogP contribution in [0.3, 0.4) is 0 Å². The predicted octanol–water partition coefficient (Wildman–Crippen LogP) is 5.82. The lowest BCUT2D eigenvalue weighted by molar-refractivity contribution is -0.332. The molecule has 2 heterocycles. The van der Waals surface area contributed by atoms with Crippen LogP contribution >= 0.6 is 0 Å². The molecule has 0 bridgehead atoms. The predicted molar refractivity (Wildman–Crippen MR) is 234 cm³/mol. The number of aliphatic hydroxyl groups excluding tert-OH is 7. The molecule has 7 N–H and O–H groups in total. The van der Waals surface area contributed by atoms with Crippen molar-refractivity contribution in [1.29, 1.82) is 0 Å². The van der Waals surface area contributed by atoms with Gasteiger partial charge < -0.3 is 64.2 Å². The van der Waals surface area contributed by atoms with Gasteiger partial charge in [0, 0.05) is 12.8 Å². The van der Waals surface area contributed by atoms with Crippen LogP contribution in [0.4, 0.5) is 0 Å². The van der Waals surface area contributed by atoms with Crippen molar-refractivity contribution in [2.45, 2.75) is 248 Å². The maximum Gasteiger partial charge on any atom is 0.306 e. The highest BCUT2D eigenvalue weighted by molar-refractivity contribution is 5.70. The Morgan fingerprint density at radius 2 is 0.919 bits per heavy atom. The standard InChI is InChI=1S/C47H86O15/c1-3-5-7-9-11-12-13-14-15-16-17-18-19-20-21-22-24-26-28-30-39(50)60-35(32-57-38(49)29-27-25-23-10-8-6-4-2)33-58-46-45(56)43(54)41(52)37(62-46)34-59-47-44(55)42(53)40(51)36(31-48)61-47/h14-15,35-37,40-48,51-56H,3-13,16-34H2,1-2H3/b15-14-. The molecule has 2 aliphatic rings. The number of ether oxygens (including phenoxy) is 6. The number of rotatable bonds is 37. The summed E-state index contributed by atoms with van der Waals surface area (Å²) in [4.78, 5) is 25.5. The van der Waals surface area contributed by atoms with Crippen molar-refractivity contribution in [3.8, 4) is 0 Å². The van der Waals surface area contributed by atoms with E-state index < -0.39 is 92.7 Å². The summed E-state index contributed by atoms with van der Waals surface area (Å²) in [6.07, 6.45) is 15.6. The highest BCUT2D eigenvalue weighted by atomic mass is 16.7. The van der Waals surface area contributed by atoms with Crippen LogP contribution in [0.1, 0.15) is 181 Å².